The van der Waals surface area contributed by atoms with Crippen LogP contribution in [0.1, 0.15) is 25.0 Å². The second kappa shape index (κ2) is 10.7. The number of hydrogen-bond donors (Lipinski definition) is 1. The highest BCUT2D eigenvalue weighted by Crippen LogP contribution is 2.23. The maximum Gasteiger partial charge on any atom is 0.292 e. The van der Waals surface area contributed by atoms with E-state index in [1.807, 2.05) is 30.3 Å². The summed E-state index contributed by atoms with van der Waals surface area (Å²) in [5.41, 5.74) is 1.58. The van der Waals surface area contributed by atoms with Crippen molar-refractivity contribution >= 4 is 17.3 Å². The van der Waals surface area contributed by atoms with Crippen LogP contribution in [0.4, 0.5) is 11.4 Å². The minimum absolute atomic E-state index is 0.0244. The second-order valence-corrected chi connectivity index (χ2v) is 7.60. The number of anilines is 1. The summed E-state index contributed by atoms with van der Waals surface area (Å²) in [5, 5.41) is 14.1. The van der Waals surface area contributed by atoms with E-state index >= 15 is 0 Å². The molecular formula is C22H29N5O3. The van der Waals surface area contributed by atoms with Crippen LogP contribution in [0, 0.1) is 10.1 Å². The van der Waals surface area contributed by atoms with E-state index in [-0.39, 0.29) is 17.6 Å². The fourth-order valence-corrected chi connectivity index (χ4v) is 3.82. The van der Waals surface area contributed by atoms with Crippen LogP contribution in [-0.4, -0.2) is 64.9 Å². The Morgan fingerprint density at radius 2 is 1.97 bits per heavy atom. The third-order valence-corrected chi connectivity index (χ3v) is 5.66. The lowest BCUT2D eigenvalue weighted by atomic mass is 10.0. The maximum absolute atomic E-state index is 12.6. The molecule has 8 nitrogen and oxygen atoms in total. The molecule has 0 aliphatic carbocycles. The topological polar surface area (TPSA) is 91.6 Å². The number of carbonyl (C=O) groups is 1. The quantitative estimate of drug-likeness (QED) is 0.504. The van der Waals surface area contributed by atoms with Gasteiger partial charge in [-0.2, -0.15) is 0 Å². The average Bonchev–Trinajstić information content (AvgIpc) is 2.78. The van der Waals surface area contributed by atoms with Crippen molar-refractivity contribution in [2.75, 3.05) is 38.5 Å². The summed E-state index contributed by atoms with van der Waals surface area (Å²) in [4.78, 5) is 31.9. The SMILES string of the molecule is CN(C(=O)CCNc1ccccc1[N+](=O)[O-])C1CCN(CCc2ccccn2)CC1. The fraction of sp³-hybridized carbons (Fsp3) is 0.455. The van der Waals surface area contributed by atoms with Crippen LogP contribution in [0.3, 0.4) is 0 Å². The predicted molar refractivity (Wildman–Crippen MR) is 116 cm³/mol. The van der Waals surface area contributed by atoms with Crippen molar-refractivity contribution in [3.63, 3.8) is 0 Å². The zero-order chi connectivity index (χ0) is 21.3. The van der Waals surface area contributed by atoms with Gasteiger partial charge < -0.3 is 15.1 Å². The number of piperidine rings is 1. The summed E-state index contributed by atoms with van der Waals surface area (Å²) in [7, 11) is 1.86. The van der Waals surface area contributed by atoms with Crippen molar-refractivity contribution in [1.82, 2.24) is 14.8 Å². The molecule has 1 saturated heterocycles. The first-order valence-electron chi connectivity index (χ1n) is 10.4. The van der Waals surface area contributed by atoms with E-state index in [4.69, 9.17) is 0 Å². The van der Waals surface area contributed by atoms with Crippen LogP contribution >= 0.6 is 0 Å². The molecule has 0 radical (unpaired) electrons. The van der Waals surface area contributed by atoms with Crippen LogP contribution in [0.2, 0.25) is 0 Å². The summed E-state index contributed by atoms with van der Waals surface area (Å²) in [5.74, 6) is 0.0630. The van der Waals surface area contributed by atoms with Crippen LogP contribution < -0.4 is 5.32 Å². The van der Waals surface area contributed by atoms with Gasteiger partial charge in [-0.1, -0.05) is 18.2 Å². The molecule has 0 unspecified atom stereocenters. The van der Waals surface area contributed by atoms with E-state index < -0.39 is 4.92 Å². The minimum Gasteiger partial charge on any atom is -0.379 e. The molecule has 0 atom stereocenters. The standard InChI is InChI=1S/C22H29N5O3/c1-25(22(28)9-14-24-20-7-2-3-8-21(20)27(29)30)19-11-16-26(17-12-19)15-10-18-6-4-5-13-23-18/h2-8,13,19,24H,9-12,14-17H2,1H3. The Morgan fingerprint density at radius 1 is 1.23 bits per heavy atom. The van der Waals surface area contributed by atoms with Gasteiger partial charge in [0.25, 0.3) is 5.69 Å². The smallest absolute Gasteiger partial charge is 0.292 e. The van der Waals surface area contributed by atoms with E-state index in [0.717, 1.165) is 44.6 Å². The Morgan fingerprint density at radius 3 is 2.67 bits per heavy atom. The molecule has 1 aliphatic heterocycles. The summed E-state index contributed by atoms with van der Waals surface area (Å²) in [6, 6.07) is 12.7. The van der Waals surface area contributed by atoms with Gasteiger partial charge >= 0.3 is 0 Å². The van der Waals surface area contributed by atoms with E-state index in [1.165, 1.54) is 6.07 Å². The number of carbonyl (C=O) groups excluding carboxylic acids is 1. The first-order valence-corrected chi connectivity index (χ1v) is 10.4. The number of rotatable bonds is 9. The lowest BCUT2D eigenvalue weighted by Gasteiger charge is -2.36. The molecule has 0 saturated carbocycles. The number of nitro benzene ring substituents is 1. The number of hydrogen-bond acceptors (Lipinski definition) is 6. The third kappa shape index (κ3) is 6.00. The fourth-order valence-electron chi connectivity index (χ4n) is 3.82. The molecule has 1 aromatic heterocycles. The monoisotopic (exact) mass is 411 g/mol. The Labute approximate surface area is 177 Å². The van der Waals surface area contributed by atoms with E-state index in [9.17, 15) is 14.9 Å². The Balaban J connectivity index is 1.39. The van der Waals surface area contributed by atoms with E-state index in [0.29, 0.717) is 18.7 Å². The van der Waals surface area contributed by atoms with Gasteiger partial charge in [0.2, 0.25) is 5.91 Å². The molecule has 1 aliphatic rings. The lowest BCUT2D eigenvalue weighted by Crippen LogP contribution is -2.46. The molecule has 2 heterocycles. The zero-order valence-corrected chi connectivity index (χ0v) is 17.4. The predicted octanol–water partition coefficient (Wildman–Crippen LogP) is 2.96. The van der Waals surface area contributed by atoms with Crippen molar-refractivity contribution < 1.29 is 9.72 Å². The molecule has 8 heteroatoms. The highest BCUT2D eigenvalue weighted by Gasteiger charge is 2.25. The van der Waals surface area contributed by atoms with Crippen LogP contribution in [-0.2, 0) is 11.2 Å². The molecular weight excluding hydrogens is 382 g/mol. The number of likely N-dealkylation sites (tertiary alicyclic amines) is 1. The van der Waals surface area contributed by atoms with Crippen molar-refractivity contribution in [3.8, 4) is 0 Å². The number of pyridine rings is 1. The van der Waals surface area contributed by atoms with E-state index in [1.54, 1.807) is 18.2 Å². The van der Waals surface area contributed by atoms with Gasteiger partial charge in [-0.05, 0) is 31.0 Å². The molecule has 0 spiro atoms. The van der Waals surface area contributed by atoms with Crippen molar-refractivity contribution in [3.05, 3.63) is 64.5 Å². The Kier molecular flexibility index (Phi) is 7.73. The largest absolute Gasteiger partial charge is 0.379 e. The molecule has 0 bridgehead atoms. The summed E-state index contributed by atoms with van der Waals surface area (Å²) >= 11 is 0. The van der Waals surface area contributed by atoms with Crippen LogP contribution in [0.5, 0.6) is 0 Å². The highest BCUT2D eigenvalue weighted by atomic mass is 16.6. The van der Waals surface area contributed by atoms with E-state index in [2.05, 4.69) is 21.3 Å². The van der Waals surface area contributed by atoms with Gasteiger partial charge in [0.15, 0.2) is 0 Å². The number of amides is 1. The van der Waals surface area contributed by atoms with Gasteiger partial charge in [-0.25, -0.2) is 0 Å². The number of benzene rings is 1. The molecule has 1 fully saturated rings. The van der Waals surface area contributed by atoms with Crippen LogP contribution in [0.25, 0.3) is 0 Å². The molecule has 1 aromatic carbocycles. The van der Waals surface area contributed by atoms with Crippen molar-refractivity contribution in [2.45, 2.75) is 31.7 Å². The normalized spacial score (nSPS) is 15.0. The molecule has 3 rings (SSSR count). The number of nitrogens with zero attached hydrogens (tertiary/aromatic N) is 4. The maximum atomic E-state index is 12.6. The molecule has 1 N–H and O–H groups in total. The summed E-state index contributed by atoms with van der Waals surface area (Å²) in [6.07, 6.45) is 5.00. The van der Waals surface area contributed by atoms with Crippen molar-refractivity contribution in [2.24, 2.45) is 0 Å². The second-order valence-electron chi connectivity index (χ2n) is 7.60. The van der Waals surface area contributed by atoms with Crippen molar-refractivity contribution in [1.29, 1.82) is 0 Å². The Hall–Kier alpha value is -3.00. The highest BCUT2D eigenvalue weighted by molar-refractivity contribution is 5.77. The van der Waals surface area contributed by atoms with Gasteiger partial charge in [0, 0.05) is 70.1 Å². The van der Waals surface area contributed by atoms with Gasteiger partial charge in [-0.15, -0.1) is 0 Å². The minimum atomic E-state index is -0.419. The number of aromatic nitrogens is 1. The lowest BCUT2D eigenvalue weighted by molar-refractivity contribution is -0.384. The number of para-hydroxylation sites is 2. The first-order chi connectivity index (χ1) is 14.5. The average molecular weight is 412 g/mol. The van der Waals surface area contributed by atoms with Gasteiger partial charge in [0.1, 0.15) is 5.69 Å². The number of nitro groups is 1. The summed E-state index contributed by atoms with van der Waals surface area (Å²) in [6.45, 7) is 3.31. The molecule has 160 valence electrons. The Bertz CT molecular complexity index is 838. The summed E-state index contributed by atoms with van der Waals surface area (Å²) < 4.78 is 0. The third-order valence-electron chi connectivity index (χ3n) is 5.66. The van der Waals surface area contributed by atoms with Gasteiger partial charge in [0.05, 0.1) is 4.92 Å². The number of nitrogens with one attached hydrogen (secondary N) is 1. The zero-order valence-electron chi connectivity index (χ0n) is 17.4. The molecule has 1 amide bonds. The van der Waals surface area contributed by atoms with Crippen LogP contribution in [0.15, 0.2) is 48.7 Å². The molecule has 30 heavy (non-hydrogen) atoms. The van der Waals surface area contributed by atoms with Gasteiger partial charge in [-0.3, -0.25) is 19.9 Å². The first kappa shape index (κ1) is 21.7. The molecule has 2 aromatic rings.